The highest BCUT2D eigenvalue weighted by Crippen LogP contribution is 2.48. The summed E-state index contributed by atoms with van der Waals surface area (Å²) in [6, 6.07) is 14.9. The van der Waals surface area contributed by atoms with Gasteiger partial charge in [-0.25, -0.2) is 4.39 Å². The molecule has 6 nitrogen and oxygen atoms in total. The number of ether oxygens (including phenoxy) is 2. The van der Waals surface area contributed by atoms with Crippen molar-refractivity contribution in [3.63, 3.8) is 0 Å². The fourth-order valence-electron chi connectivity index (χ4n) is 7.25. The number of likely N-dealkylation sites (tertiary alicyclic amines) is 1. The van der Waals surface area contributed by atoms with Gasteiger partial charge in [-0.15, -0.1) is 0 Å². The van der Waals surface area contributed by atoms with Crippen molar-refractivity contribution < 1.29 is 23.8 Å². The van der Waals surface area contributed by atoms with E-state index < -0.39 is 11.9 Å². The Morgan fingerprint density at radius 3 is 2.73 bits per heavy atom. The van der Waals surface area contributed by atoms with Crippen LogP contribution in [-0.4, -0.2) is 46.3 Å². The molecule has 3 unspecified atom stereocenters. The van der Waals surface area contributed by atoms with E-state index in [0.717, 1.165) is 85.5 Å². The number of nitrogens with zero attached hydrogens (tertiary/aromatic N) is 2. The monoisotopic (exact) mass is 556 g/mol. The summed E-state index contributed by atoms with van der Waals surface area (Å²) in [5, 5.41) is 9.75. The standard InChI is InChI=1S/C34H37FN2O4/c1-19-11-29(30(35)15-36-19)28-9-7-23(12-25(28)16-37-17-27-14-26(37)18-40-27)31-10-8-21-3-6-24(13-32(21)41-31)33(22-4-5-22)20(2)34(38)39/h3,6-7,9,11-13,15,20,22,26-27,31,33H,4-5,8,10,14,16-18H2,1-2H3,(H,38,39)/t20-,26?,27?,31?,33-/m0/s1. The van der Waals surface area contributed by atoms with Gasteiger partial charge in [0.25, 0.3) is 0 Å². The van der Waals surface area contributed by atoms with Gasteiger partial charge in [0.1, 0.15) is 17.7 Å². The number of hydrogen-bond acceptors (Lipinski definition) is 5. The number of rotatable bonds is 8. The highest BCUT2D eigenvalue weighted by molar-refractivity contribution is 5.71. The second-order valence-corrected chi connectivity index (χ2v) is 12.5. The first-order valence-corrected chi connectivity index (χ1v) is 15.0. The third-order valence-electron chi connectivity index (χ3n) is 9.65. The number of hydrogen-bond donors (Lipinski definition) is 1. The highest BCUT2D eigenvalue weighted by Gasteiger charge is 2.40. The molecule has 3 aromatic rings. The minimum Gasteiger partial charge on any atom is -0.485 e. The van der Waals surface area contributed by atoms with Crippen molar-refractivity contribution in [1.29, 1.82) is 0 Å². The summed E-state index contributed by atoms with van der Waals surface area (Å²) < 4.78 is 27.5. The van der Waals surface area contributed by atoms with Crippen molar-refractivity contribution in [2.24, 2.45) is 11.8 Å². The van der Waals surface area contributed by atoms with Gasteiger partial charge in [-0.05, 0) is 90.8 Å². The van der Waals surface area contributed by atoms with Gasteiger partial charge in [0.2, 0.25) is 0 Å². The number of fused-ring (bicyclic) bond motifs is 3. The lowest BCUT2D eigenvalue weighted by Gasteiger charge is -2.30. The lowest BCUT2D eigenvalue weighted by Crippen LogP contribution is -2.36. The normalized spacial score (nSPS) is 25.0. The Kier molecular flexibility index (Phi) is 6.82. The lowest BCUT2D eigenvalue weighted by molar-refractivity contribution is -0.142. The number of aliphatic carboxylic acids is 1. The van der Waals surface area contributed by atoms with Crippen molar-refractivity contribution >= 4 is 5.97 Å². The van der Waals surface area contributed by atoms with Gasteiger partial charge in [-0.3, -0.25) is 14.7 Å². The summed E-state index contributed by atoms with van der Waals surface area (Å²) in [5.74, 6) is -0.198. The molecule has 4 heterocycles. The Morgan fingerprint density at radius 1 is 1.15 bits per heavy atom. The Labute approximate surface area is 240 Å². The summed E-state index contributed by atoms with van der Waals surface area (Å²) in [7, 11) is 0. The second-order valence-electron chi connectivity index (χ2n) is 12.5. The van der Waals surface area contributed by atoms with E-state index in [2.05, 4.69) is 40.2 Å². The summed E-state index contributed by atoms with van der Waals surface area (Å²) in [4.78, 5) is 18.5. The van der Waals surface area contributed by atoms with Crippen LogP contribution in [0.1, 0.15) is 72.6 Å². The Hall–Kier alpha value is -3.29. The van der Waals surface area contributed by atoms with Gasteiger partial charge >= 0.3 is 5.97 Å². The molecule has 7 heteroatoms. The third-order valence-corrected chi connectivity index (χ3v) is 9.65. The molecule has 0 amide bonds. The van der Waals surface area contributed by atoms with Crippen LogP contribution in [0.3, 0.4) is 0 Å². The Balaban J connectivity index is 1.20. The number of pyridine rings is 1. The molecule has 7 rings (SSSR count). The van der Waals surface area contributed by atoms with E-state index in [1.807, 2.05) is 26.0 Å². The van der Waals surface area contributed by atoms with Crippen molar-refractivity contribution in [3.05, 3.63) is 82.4 Å². The van der Waals surface area contributed by atoms with Gasteiger partial charge in [0.15, 0.2) is 0 Å². The zero-order chi connectivity index (χ0) is 28.2. The minimum absolute atomic E-state index is 0.00569. The maximum atomic E-state index is 15.0. The molecule has 2 bridgehead atoms. The quantitative estimate of drug-likeness (QED) is 0.344. The van der Waals surface area contributed by atoms with E-state index in [9.17, 15) is 9.90 Å². The molecule has 2 saturated heterocycles. The van der Waals surface area contributed by atoms with Gasteiger partial charge in [-0.2, -0.15) is 0 Å². The lowest BCUT2D eigenvalue weighted by atomic mass is 9.82. The van der Waals surface area contributed by atoms with Crippen molar-refractivity contribution in [2.45, 2.75) is 76.7 Å². The van der Waals surface area contributed by atoms with E-state index in [-0.39, 0.29) is 17.8 Å². The average Bonchev–Trinajstić information content (AvgIpc) is 3.58. The molecular formula is C34H37FN2O4. The van der Waals surface area contributed by atoms with Gasteiger partial charge in [0.05, 0.1) is 24.8 Å². The molecule has 4 aliphatic rings. The first-order valence-electron chi connectivity index (χ1n) is 15.0. The Morgan fingerprint density at radius 2 is 2.00 bits per heavy atom. The first kappa shape index (κ1) is 26.6. The molecule has 1 aromatic heterocycles. The van der Waals surface area contributed by atoms with Crippen molar-refractivity contribution in [3.8, 4) is 16.9 Å². The minimum atomic E-state index is -0.746. The maximum absolute atomic E-state index is 15.0. The first-order chi connectivity index (χ1) is 19.8. The highest BCUT2D eigenvalue weighted by atomic mass is 19.1. The van der Waals surface area contributed by atoms with Crippen molar-refractivity contribution in [1.82, 2.24) is 9.88 Å². The largest absolute Gasteiger partial charge is 0.485 e. The van der Waals surface area contributed by atoms with Crippen molar-refractivity contribution in [2.75, 3.05) is 13.2 Å². The molecule has 1 aliphatic carbocycles. The molecule has 41 heavy (non-hydrogen) atoms. The second kappa shape index (κ2) is 10.5. The number of carboxylic acid groups (broad SMARTS) is 1. The van der Waals surface area contributed by atoms with Crippen LogP contribution in [0.15, 0.2) is 48.7 Å². The molecule has 5 atom stereocenters. The zero-order valence-corrected chi connectivity index (χ0v) is 23.7. The number of carbonyl (C=O) groups is 1. The summed E-state index contributed by atoms with van der Waals surface area (Å²) in [6.45, 7) is 6.11. The van der Waals surface area contributed by atoms with Crippen LogP contribution in [0.5, 0.6) is 5.75 Å². The number of benzene rings is 2. The molecule has 2 aromatic carbocycles. The van der Waals surface area contributed by atoms with E-state index in [1.165, 1.54) is 11.8 Å². The van der Waals surface area contributed by atoms with Gasteiger partial charge in [0, 0.05) is 30.4 Å². The van der Waals surface area contributed by atoms with E-state index in [0.29, 0.717) is 23.6 Å². The van der Waals surface area contributed by atoms with Crippen LogP contribution in [0.4, 0.5) is 4.39 Å². The number of morpholine rings is 1. The zero-order valence-electron chi connectivity index (χ0n) is 23.7. The average molecular weight is 557 g/mol. The molecule has 3 fully saturated rings. The third kappa shape index (κ3) is 5.15. The van der Waals surface area contributed by atoms with E-state index in [1.54, 1.807) is 0 Å². The van der Waals surface area contributed by atoms with E-state index in [4.69, 9.17) is 9.47 Å². The van der Waals surface area contributed by atoms with Crippen LogP contribution < -0.4 is 4.74 Å². The molecule has 3 aliphatic heterocycles. The molecular weight excluding hydrogens is 519 g/mol. The van der Waals surface area contributed by atoms with Crippen LogP contribution in [-0.2, 0) is 22.5 Å². The van der Waals surface area contributed by atoms with Crippen LogP contribution in [0.2, 0.25) is 0 Å². The Bertz CT molecular complexity index is 1490. The summed E-state index contributed by atoms with van der Waals surface area (Å²) in [5.41, 5.74) is 6.67. The number of halogens is 1. The summed E-state index contributed by atoms with van der Waals surface area (Å²) >= 11 is 0. The smallest absolute Gasteiger partial charge is 0.306 e. The summed E-state index contributed by atoms with van der Waals surface area (Å²) in [6.07, 6.45) is 6.46. The van der Waals surface area contributed by atoms with Crippen LogP contribution >= 0.6 is 0 Å². The number of aryl methyl sites for hydroxylation is 2. The van der Waals surface area contributed by atoms with Gasteiger partial charge in [-0.1, -0.05) is 37.3 Å². The fourth-order valence-corrected chi connectivity index (χ4v) is 7.25. The van der Waals surface area contributed by atoms with Gasteiger partial charge < -0.3 is 14.6 Å². The van der Waals surface area contributed by atoms with Crippen LogP contribution in [0.25, 0.3) is 11.1 Å². The number of aromatic nitrogens is 1. The maximum Gasteiger partial charge on any atom is 0.306 e. The van der Waals surface area contributed by atoms with Crippen LogP contribution in [0, 0.1) is 24.6 Å². The topological polar surface area (TPSA) is 71.9 Å². The molecule has 1 saturated carbocycles. The molecule has 1 N–H and O–H groups in total. The molecule has 0 spiro atoms. The molecule has 214 valence electrons. The predicted molar refractivity (Wildman–Crippen MR) is 153 cm³/mol. The molecule has 0 radical (unpaired) electrons. The predicted octanol–water partition coefficient (Wildman–Crippen LogP) is 6.45. The fraction of sp³-hybridized carbons (Fsp3) is 0.471. The van der Waals surface area contributed by atoms with E-state index >= 15 is 4.39 Å². The SMILES string of the molecule is Cc1cc(-c2ccc(C3CCc4ccc([C@H](C5CC5)[C@H](C)C(=O)O)cc4O3)cc2CN2CC3CC2CO3)c(F)cn1. The number of carboxylic acids is 1.